The van der Waals surface area contributed by atoms with Gasteiger partial charge in [-0.05, 0) is 36.6 Å². The number of methoxy groups -OCH3 is 1. The van der Waals surface area contributed by atoms with Gasteiger partial charge >= 0.3 is 0 Å². The number of benzene rings is 1. The Morgan fingerprint density at radius 2 is 2.21 bits per heavy atom. The van der Waals surface area contributed by atoms with E-state index in [-0.39, 0.29) is 0 Å². The van der Waals surface area contributed by atoms with Crippen molar-refractivity contribution in [1.29, 1.82) is 0 Å². The molecule has 1 aromatic carbocycles. The van der Waals surface area contributed by atoms with E-state index in [2.05, 4.69) is 24.4 Å². The first kappa shape index (κ1) is 9.53. The minimum atomic E-state index is 0.486. The predicted molar refractivity (Wildman–Crippen MR) is 57.7 cm³/mol. The summed E-state index contributed by atoms with van der Waals surface area (Å²) in [6.45, 7) is 2.28. The maximum atomic E-state index is 5.37. The van der Waals surface area contributed by atoms with E-state index in [0.29, 0.717) is 12.0 Å². The van der Waals surface area contributed by atoms with E-state index in [0.717, 1.165) is 12.2 Å². The summed E-state index contributed by atoms with van der Waals surface area (Å²) < 4.78 is 5.37. The summed E-state index contributed by atoms with van der Waals surface area (Å²) in [6, 6.07) is 6.80. The van der Waals surface area contributed by atoms with E-state index in [1.807, 2.05) is 13.1 Å². The second kappa shape index (κ2) is 3.62. The smallest absolute Gasteiger partial charge is 0.122 e. The third-order valence-electron chi connectivity index (χ3n) is 3.13. The van der Waals surface area contributed by atoms with Gasteiger partial charge in [0.05, 0.1) is 7.11 Å². The van der Waals surface area contributed by atoms with Crippen molar-refractivity contribution in [3.05, 3.63) is 29.3 Å². The molecule has 0 fully saturated rings. The molecule has 0 heterocycles. The van der Waals surface area contributed by atoms with Crippen LogP contribution in [0, 0.1) is 5.92 Å². The molecule has 0 spiro atoms. The van der Waals surface area contributed by atoms with Crippen molar-refractivity contribution < 1.29 is 4.74 Å². The van der Waals surface area contributed by atoms with Crippen LogP contribution < -0.4 is 10.1 Å². The van der Waals surface area contributed by atoms with Gasteiger partial charge in [-0.3, -0.25) is 0 Å². The highest BCUT2D eigenvalue weighted by atomic mass is 16.5. The summed E-state index contributed by atoms with van der Waals surface area (Å²) >= 11 is 0. The molecule has 0 aliphatic heterocycles. The van der Waals surface area contributed by atoms with E-state index >= 15 is 0 Å². The third-order valence-corrected chi connectivity index (χ3v) is 3.13. The average Bonchev–Trinajstić information content (AvgIpc) is 2.52. The van der Waals surface area contributed by atoms with Crippen LogP contribution in [-0.2, 0) is 6.42 Å². The Balaban J connectivity index is 2.45. The van der Waals surface area contributed by atoms with Crippen LogP contribution in [0.1, 0.15) is 24.1 Å². The summed E-state index contributed by atoms with van der Waals surface area (Å²) in [5, 5.41) is 3.37. The fourth-order valence-corrected chi connectivity index (χ4v) is 2.47. The minimum Gasteiger partial charge on any atom is -0.496 e. The molecule has 76 valence electrons. The molecular formula is C12H17NO. The first-order chi connectivity index (χ1) is 6.77. The van der Waals surface area contributed by atoms with E-state index in [1.165, 1.54) is 11.1 Å². The van der Waals surface area contributed by atoms with Gasteiger partial charge in [-0.25, -0.2) is 0 Å². The molecule has 14 heavy (non-hydrogen) atoms. The van der Waals surface area contributed by atoms with Gasteiger partial charge in [-0.1, -0.05) is 19.1 Å². The zero-order chi connectivity index (χ0) is 10.1. The largest absolute Gasteiger partial charge is 0.496 e. The lowest BCUT2D eigenvalue weighted by atomic mass is 10.0. The third kappa shape index (κ3) is 1.30. The summed E-state index contributed by atoms with van der Waals surface area (Å²) in [5.41, 5.74) is 2.78. The van der Waals surface area contributed by atoms with Crippen molar-refractivity contribution in [2.45, 2.75) is 19.4 Å². The SMILES string of the molecule is CNC1c2cccc(OC)c2CC1C. The molecule has 1 aliphatic carbocycles. The normalized spacial score (nSPS) is 24.8. The fraction of sp³-hybridized carbons (Fsp3) is 0.500. The van der Waals surface area contributed by atoms with Crippen LogP contribution in [0.5, 0.6) is 5.75 Å². The van der Waals surface area contributed by atoms with Crippen molar-refractivity contribution in [3.8, 4) is 5.75 Å². The van der Waals surface area contributed by atoms with Crippen LogP contribution in [0.25, 0.3) is 0 Å². The van der Waals surface area contributed by atoms with Crippen LogP contribution in [-0.4, -0.2) is 14.2 Å². The first-order valence-electron chi connectivity index (χ1n) is 5.11. The Hall–Kier alpha value is -1.02. The number of fused-ring (bicyclic) bond motifs is 1. The van der Waals surface area contributed by atoms with Crippen molar-refractivity contribution in [3.63, 3.8) is 0 Å². The van der Waals surface area contributed by atoms with E-state index < -0.39 is 0 Å². The van der Waals surface area contributed by atoms with E-state index in [1.54, 1.807) is 7.11 Å². The van der Waals surface area contributed by atoms with E-state index in [9.17, 15) is 0 Å². The molecule has 0 amide bonds. The molecule has 2 nitrogen and oxygen atoms in total. The van der Waals surface area contributed by atoms with Crippen molar-refractivity contribution in [1.82, 2.24) is 5.32 Å². The zero-order valence-corrected chi connectivity index (χ0v) is 9.00. The second-order valence-electron chi connectivity index (χ2n) is 3.98. The van der Waals surface area contributed by atoms with Crippen molar-refractivity contribution in [2.75, 3.05) is 14.2 Å². The lowest BCUT2D eigenvalue weighted by Crippen LogP contribution is -2.19. The molecule has 1 aliphatic rings. The maximum Gasteiger partial charge on any atom is 0.122 e. The van der Waals surface area contributed by atoms with Crippen LogP contribution >= 0.6 is 0 Å². The fourth-order valence-electron chi connectivity index (χ4n) is 2.47. The molecule has 1 N–H and O–H groups in total. The second-order valence-corrected chi connectivity index (χ2v) is 3.98. The molecule has 2 unspecified atom stereocenters. The molecular weight excluding hydrogens is 174 g/mol. The molecule has 0 radical (unpaired) electrons. The Bertz CT molecular complexity index is 335. The lowest BCUT2D eigenvalue weighted by molar-refractivity contribution is 0.407. The minimum absolute atomic E-state index is 0.486. The standard InChI is InChI=1S/C12H17NO/c1-8-7-10-9(12(8)13-2)5-4-6-11(10)14-3/h4-6,8,12-13H,7H2,1-3H3. The van der Waals surface area contributed by atoms with Gasteiger partial charge in [0, 0.05) is 6.04 Å². The van der Waals surface area contributed by atoms with Gasteiger partial charge in [0.2, 0.25) is 0 Å². The van der Waals surface area contributed by atoms with Crippen molar-refractivity contribution in [2.24, 2.45) is 5.92 Å². The highest BCUT2D eigenvalue weighted by molar-refractivity contribution is 5.45. The van der Waals surface area contributed by atoms with Gasteiger partial charge in [0.25, 0.3) is 0 Å². The molecule has 0 bridgehead atoms. The maximum absolute atomic E-state index is 5.37. The first-order valence-corrected chi connectivity index (χ1v) is 5.11. The summed E-state index contributed by atoms with van der Waals surface area (Å²) in [6.07, 6.45) is 1.12. The van der Waals surface area contributed by atoms with Crippen LogP contribution in [0.4, 0.5) is 0 Å². The zero-order valence-electron chi connectivity index (χ0n) is 9.00. The molecule has 0 saturated heterocycles. The number of rotatable bonds is 2. The number of hydrogen-bond acceptors (Lipinski definition) is 2. The lowest BCUT2D eigenvalue weighted by Gasteiger charge is -2.15. The van der Waals surface area contributed by atoms with Crippen LogP contribution in [0.3, 0.4) is 0 Å². The Morgan fingerprint density at radius 3 is 2.86 bits per heavy atom. The summed E-state index contributed by atoms with van der Waals surface area (Å²) in [7, 11) is 3.77. The van der Waals surface area contributed by atoms with Crippen LogP contribution in [0.15, 0.2) is 18.2 Å². The van der Waals surface area contributed by atoms with Gasteiger partial charge in [-0.15, -0.1) is 0 Å². The van der Waals surface area contributed by atoms with Gasteiger partial charge in [0.15, 0.2) is 0 Å². The summed E-state index contributed by atoms with van der Waals surface area (Å²) in [4.78, 5) is 0. The molecule has 2 rings (SSSR count). The Kier molecular flexibility index (Phi) is 2.46. The summed E-state index contributed by atoms with van der Waals surface area (Å²) in [5.74, 6) is 1.69. The number of nitrogens with one attached hydrogen (secondary N) is 1. The molecule has 1 aromatic rings. The molecule has 0 aromatic heterocycles. The molecule has 0 saturated carbocycles. The topological polar surface area (TPSA) is 21.3 Å². The average molecular weight is 191 g/mol. The van der Waals surface area contributed by atoms with Gasteiger partial charge in [-0.2, -0.15) is 0 Å². The highest BCUT2D eigenvalue weighted by Gasteiger charge is 2.29. The van der Waals surface area contributed by atoms with Gasteiger partial charge in [0.1, 0.15) is 5.75 Å². The van der Waals surface area contributed by atoms with Gasteiger partial charge < -0.3 is 10.1 Å². The Morgan fingerprint density at radius 1 is 1.43 bits per heavy atom. The number of hydrogen-bond donors (Lipinski definition) is 1. The monoisotopic (exact) mass is 191 g/mol. The van der Waals surface area contributed by atoms with Crippen molar-refractivity contribution >= 4 is 0 Å². The Labute approximate surface area is 85.3 Å². The van der Waals surface area contributed by atoms with E-state index in [4.69, 9.17) is 4.74 Å². The highest BCUT2D eigenvalue weighted by Crippen LogP contribution is 2.39. The molecule has 2 heteroatoms. The number of ether oxygens (including phenoxy) is 1. The molecule has 2 atom stereocenters. The van der Waals surface area contributed by atoms with Crippen LogP contribution in [0.2, 0.25) is 0 Å². The predicted octanol–water partition coefficient (Wildman–Crippen LogP) is 2.15. The quantitative estimate of drug-likeness (QED) is 0.773.